The number of fused-ring (bicyclic) bond motifs is 1. The van der Waals surface area contributed by atoms with Gasteiger partial charge in [0, 0.05) is 48.0 Å². The number of piperidine rings is 1. The minimum absolute atomic E-state index is 0.0419. The summed E-state index contributed by atoms with van der Waals surface area (Å²) in [7, 11) is 0. The lowest BCUT2D eigenvalue weighted by molar-refractivity contribution is 0.0949. The van der Waals surface area contributed by atoms with Crippen LogP contribution in [0.5, 0.6) is 0 Å². The van der Waals surface area contributed by atoms with E-state index in [0.29, 0.717) is 17.9 Å². The molecule has 1 amide bonds. The first-order chi connectivity index (χ1) is 15.8. The van der Waals surface area contributed by atoms with Crippen molar-refractivity contribution in [1.82, 2.24) is 20.3 Å². The van der Waals surface area contributed by atoms with Gasteiger partial charge in [-0.2, -0.15) is 0 Å². The van der Waals surface area contributed by atoms with Gasteiger partial charge in [-0.15, -0.1) is 0 Å². The SMILES string of the molecule is O=C(NCC1CCCCN1c1nc(-c2cccnc2)nc2ccccc12)c1ccccc1. The summed E-state index contributed by atoms with van der Waals surface area (Å²) in [4.78, 5) is 29.0. The Morgan fingerprint density at radius 2 is 1.81 bits per heavy atom. The lowest BCUT2D eigenvalue weighted by Gasteiger charge is -2.37. The molecule has 6 heteroatoms. The molecule has 1 saturated heterocycles. The Balaban J connectivity index is 1.47. The van der Waals surface area contributed by atoms with E-state index in [1.165, 1.54) is 0 Å². The summed E-state index contributed by atoms with van der Waals surface area (Å²) in [5.41, 5.74) is 2.49. The number of hydrogen-bond donors (Lipinski definition) is 1. The fourth-order valence-electron chi connectivity index (χ4n) is 4.30. The van der Waals surface area contributed by atoms with E-state index in [2.05, 4.69) is 21.3 Å². The molecule has 1 aliphatic heterocycles. The monoisotopic (exact) mass is 423 g/mol. The topological polar surface area (TPSA) is 71.0 Å². The van der Waals surface area contributed by atoms with E-state index in [9.17, 15) is 4.79 Å². The Morgan fingerprint density at radius 1 is 0.969 bits per heavy atom. The summed E-state index contributed by atoms with van der Waals surface area (Å²) in [6.07, 6.45) is 6.80. The fraction of sp³-hybridized carbons (Fsp3) is 0.231. The highest BCUT2D eigenvalue weighted by Crippen LogP contribution is 2.31. The molecular weight excluding hydrogens is 398 g/mol. The van der Waals surface area contributed by atoms with Crippen molar-refractivity contribution in [3.63, 3.8) is 0 Å². The van der Waals surface area contributed by atoms with Gasteiger partial charge in [-0.05, 0) is 55.7 Å². The number of nitrogens with one attached hydrogen (secondary N) is 1. The number of anilines is 1. The minimum Gasteiger partial charge on any atom is -0.351 e. The van der Waals surface area contributed by atoms with Gasteiger partial charge in [0.15, 0.2) is 5.82 Å². The number of pyridine rings is 1. The van der Waals surface area contributed by atoms with Gasteiger partial charge in [0.05, 0.1) is 5.52 Å². The van der Waals surface area contributed by atoms with Crippen LogP contribution in [0.2, 0.25) is 0 Å². The van der Waals surface area contributed by atoms with E-state index in [0.717, 1.165) is 48.1 Å². The third-order valence-electron chi connectivity index (χ3n) is 5.94. The molecule has 6 nitrogen and oxygen atoms in total. The molecular formula is C26H25N5O. The molecule has 1 N–H and O–H groups in total. The van der Waals surface area contributed by atoms with E-state index in [1.54, 1.807) is 12.4 Å². The van der Waals surface area contributed by atoms with Crippen LogP contribution in [0.15, 0.2) is 79.1 Å². The average molecular weight is 424 g/mol. The van der Waals surface area contributed by atoms with Gasteiger partial charge in [0.1, 0.15) is 5.82 Å². The van der Waals surface area contributed by atoms with Crippen LogP contribution >= 0.6 is 0 Å². The fourth-order valence-corrected chi connectivity index (χ4v) is 4.30. The molecule has 1 aliphatic rings. The Kier molecular flexibility index (Phi) is 5.75. The molecule has 0 spiro atoms. The molecule has 160 valence electrons. The number of hydrogen-bond acceptors (Lipinski definition) is 5. The van der Waals surface area contributed by atoms with Gasteiger partial charge in [0.25, 0.3) is 5.91 Å². The quantitative estimate of drug-likeness (QED) is 0.512. The summed E-state index contributed by atoms with van der Waals surface area (Å²) < 4.78 is 0. The third-order valence-corrected chi connectivity index (χ3v) is 5.94. The molecule has 1 fully saturated rings. The number of aromatic nitrogens is 3. The van der Waals surface area contributed by atoms with E-state index in [1.807, 2.05) is 60.7 Å². The van der Waals surface area contributed by atoms with Crippen molar-refractivity contribution in [1.29, 1.82) is 0 Å². The first kappa shape index (κ1) is 20.1. The standard InChI is InChI=1S/C26H25N5O/c32-26(19-9-2-1-3-10-19)28-18-21-12-6-7-16-31(21)25-22-13-4-5-14-23(22)29-24(30-25)20-11-8-15-27-17-20/h1-5,8-11,13-15,17,21H,6-7,12,16,18H2,(H,28,32). The molecule has 2 aromatic carbocycles. The van der Waals surface area contributed by atoms with Gasteiger partial charge >= 0.3 is 0 Å². The zero-order valence-electron chi connectivity index (χ0n) is 17.8. The van der Waals surface area contributed by atoms with Crippen molar-refractivity contribution in [2.45, 2.75) is 25.3 Å². The summed E-state index contributed by atoms with van der Waals surface area (Å²) in [6, 6.07) is 21.5. The normalized spacial score (nSPS) is 16.1. The highest BCUT2D eigenvalue weighted by molar-refractivity contribution is 5.94. The van der Waals surface area contributed by atoms with Crippen LogP contribution in [0, 0.1) is 0 Å². The highest BCUT2D eigenvalue weighted by atomic mass is 16.1. The van der Waals surface area contributed by atoms with Crippen LogP contribution in [-0.2, 0) is 0 Å². The van der Waals surface area contributed by atoms with Gasteiger partial charge in [0.2, 0.25) is 0 Å². The molecule has 2 aromatic heterocycles. The Bertz CT molecular complexity index is 1210. The van der Waals surface area contributed by atoms with E-state index < -0.39 is 0 Å². The van der Waals surface area contributed by atoms with Crippen molar-refractivity contribution < 1.29 is 4.79 Å². The van der Waals surface area contributed by atoms with Gasteiger partial charge in [-0.3, -0.25) is 9.78 Å². The third kappa shape index (κ3) is 4.17. The molecule has 3 heterocycles. The van der Waals surface area contributed by atoms with Crippen LogP contribution in [0.4, 0.5) is 5.82 Å². The van der Waals surface area contributed by atoms with Crippen molar-refractivity contribution in [2.75, 3.05) is 18.0 Å². The summed E-state index contributed by atoms with van der Waals surface area (Å²) >= 11 is 0. The maximum atomic E-state index is 12.6. The second-order valence-electron chi connectivity index (χ2n) is 8.05. The second-order valence-corrected chi connectivity index (χ2v) is 8.05. The molecule has 1 unspecified atom stereocenters. The van der Waals surface area contributed by atoms with Crippen LogP contribution in [-0.4, -0.2) is 40.0 Å². The molecule has 0 saturated carbocycles. The minimum atomic E-state index is -0.0419. The number of para-hydroxylation sites is 1. The number of carbonyl (C=O) groups excluding carboxylic acids is 1. The second kappa shape index (κ2) is 9.14. The zero-order chi connectivity index (χ0) is 21.8. The van der Waals surface area contributed by atoms with Crippen LogP contribution in [0.25, 0.3) is 22.3 Å². The van der Waals surface area contributed by atoms with Crippen molar-refractivity contribution >= 4 is 22.6 Å². The van der Waals surface area contributed by atoms with Gasteiger partial charge in [-0.1, -0.05) is 30.3 Å². The first-order valence-electron chi connectivity index (χ1n) is 11.1. The number of rotatable bonds is 5. The zero-order valence-corrected chi connectivity index (χ0v) is 17.8. The first-order valence-corrected chi connectivity index (χ1v) is 11.1. The molecule has 5 rings (SSSR count). The van der Waals surface area contributed by atoms with Crippen LogP contribution in [0.3, 0.4) is 0 Å². The van der Waals surface area contributed by atoms with E-state index in [4.69, 9.17) is 9.97 Å². The van der Waals surface area contributed by atoms with Crippen molar-refractivity contribution in [3.8, 4) is 11.4 Å². The Labute approximate surface area is 187 Å². The highest BCUT2D eigenvalue weighted by Gasteiger charge is 2.26. The molecule has 1 atom stereocenters. The number of carbonyl (C=O) groups is 1. The smallest absolute Gasteiger partial charge is 0.251 e. The van der Waals surface area contributed by atoms with Crippen LogP contribution in [0.1, 0.15) is 29.6 Å². The van der Waals surface area contributed by atoms with Gasteiger partial charge in [-0.25, -0.2) is 9.97 Å². The molecule has 4 aromatic rings. The Morgan fingerprint density at radius 3 is 2.66 bits per heavy atom. The maximum absolute atomic E-state index is 12.6. The van der Waals surface area contributed by atoms with E-state index >= 15 is 0 Å². The lowest BCUT2D eigenvalue weighted by Crippen LogP contribution is -2.47. The van der Waals surface area contributed by atoms with E-state index in [-0.39, 0.29) is 11.9 Å². The predicted octanol–water partition coefficient (Wildman–Crippen LogP) is 4.48. The molecule has 32 heavy (non-hydrogen) atoms. The van der Waals surface area contributed by atoms with Crippen molar-refractivity contribution in [2.24, 2.45) is 0 Å². The number of amides is 1. The molecule has 0 aliphatic carbocycles. The largest absolute Gasteiger partial charge is 0.351 e. The van der Waals surface area contributed by atoms with Crippen LogP contribution < -0.4 is 10.2 Å². The van der Waals surface area contributed by atoms with Crippen molar-refractivity contribution in [3.05, 3.63) is 84.7 Å². The van der Waals surface area contributed by atoms with Gasteiger partial charge < -0.3 is 10.2 Å². The predicted molar refractivity (Wildman–Crippen MR) is 127 cm³/mol. The number of nitrogens with zero attached hydrogens (tertiary/aromatic N) is 4. The maximum Gasteiger partial charge on any atom is 0.251 e. The average Bonchev–Trinajstić information content (AvgIpc) is 2.88. The summed E-state index contributed by atoms with van der Waals surface area (Å²) in [5.74, 6) is 1.55. The molecule has 0 bridgehead atoms. The number of benzene rings is 2. The summed E-state index contributed by atoms with van der Waals surface area (Å²) in [5, 5.41) is 4.16. The lowest BCUT2D eigenvalue weighted by atomic mass is 10.0. The summed E-state index contributed by atoms with van der Waals surface area (Å²) in [6.45, 7) is 1.48. The Hall–Kier alpha value is -3.80. The molecule has 0 radical (unpaired) electrons.